The molecule has 1 nitrogen and oxygen atoms in total. The van der Waals surface area contributed by atoms with Crippen molar-refractivity contribution in [2.45, 2.75) is 65.9 Å². The zero-order valence-electron chi connectivity index (χ0n) is 13.1. The molecule has 0 saturated heterocycles. The lowest BCUT2D eigenvalue weighted by atomic mass is 9.64. The van der Waals surface area contributed by atoms with Gasteiger partial charge in [-0.1, -0.05) is 50.1 Å². The number of hydrogen-bond donors (Lipinski definition) is 1. The number of aryl methyl sites for hydroxylation is 2. The van der Waals surface area contributed by atoms with E-state index >= 15 is 0 Å². The monoisotopic (exact) mass is 260 g/mol. The number of hydrogen-bond acceptors (Lipinski definition) is 1. The van der Waals surface area contributed by atoms with Crippen LogP contribution in [-0.4, -0.2) is 10.7 Å². The first kappa shape index (κ1) is 14.6. The molecule has 106 valence electrons. The molecule has 2 rings (SSSR count). The summed E-state index contributed by atoms with van der Waals surface area (Å²) in [5.41, 5.74) is 3.60. The average Bonchev–Trinajstić information content (AvgIpc) is 2.08. The van der Waals surface area contributed by atoms with Crippen molar-refractivity contribution in [3.63, 3.8) is 0 Å². The van der Waals surface area contributed by atoms with Crippen molar-refractivity contribution in [2.75, 3.05) is 0 Å². The van der Waals surface area contributed by atoms with Gasteiger partial charge in [-0.05, 0) is 50.0 Å². The van der Waals surface area contributed by atoms with Crippen LogP contribution in [0, 0.1) is 25.2 Å². The Morgan fingerprint density at radius 3 is 2.21 bits per heavy atom. The highest BCUT2D eigenvalue weighted by Crippen LogP contribution is 2.45. The van der Waals surface area contributed by atoms with Crippen molar-refractivity contribution in [3.8, 4) is 0 Å². The molecular formula is C18H28O. The molecule has 0 radical (unpaired) electrons. The zero-order chi connectivity index (χ0) is 14.3. The minimum Gasteiger partial charge on any atom is -0.390 e. The Hall–Kier alpha value is -0.820. The Morgan fingerprint density at radius 2 is 1.68 bits per heavy atom. The third-order valence-corrected chi connectivity index (χ3v) is 4.25. The summed E-state index contributed by atoms with van der Waals surface area (Å²) < 4.78 is 0. The van der Waals surface area contributed by atoms with E-state index < -0.39 is 5.60 Å². The van der Waals surface area contributed by atoms with Gasteiger partial charge in [-0.2, -0.15) is 0 Å². The van der Waals surface area contributed by atoms with Gasteiger partial charge < -0.3 is 5.11 Å². The molecule has 0 bridgehead atoms. The summed E-state index contributed by atoms with van der Waals surface area (Å²) in [6.07, 6.45) is 3.87. The molecule has 19 heavy (non-hydrogen) atoms. The van der Waals surface area contributed by atoms with Crippen LogP contribution >= 0.6 is 0 Å². The molecule has 1 aromatic carbocycles. The van der Waals surface area contributed by atoms with E-state index in [0.717, 1.165) is 19.3 Å². The summed E-state index contributed by atoms with van der Waals surface area (Å²) >= 11 is 0. The third-order valence-electron chi connectivity index (χ3n) is 4.25. The molecule has 1 aliphatic carbocycles. The Labute approximate surface area is 118 Å². The molecule has 0 aromatic heterocycles. The fourth-order valence-electron chi connectivity index (χ4n) is 4.38. The largest absolute Gasteiger partial charge is 0.390 e. The third kappa shape index (κ3) is 3.82. The molecule has 2 atom stereocenters. The lowest BCUT2D eigenvalue weighted by Crippen LogP contribution is -2.43. The van der Waals surface area contributed by atoms with E-state index in [0.29, 0.717) is 5.92 Å². The van der Waals surface area contributed by atoms with E-state index in [1.807, 2.05) is 0 Å². The molecule has 0 aliphatic heterocycles. The maximum atomic E-state index is 11.0. The lowest BCUT2D eigenvalue weighted by molar-refractivity contribution is -0.0574. The second-order valence-electron chi connectivity index (χ2n) is 7.75. The molecule has 2 unspecified atom stereocenters. The van der Waals surface area contributed by atoms with Crippen molar-refractivity contribution >= 4 is 0 Å². The van der Waals surface area contributed by atoms with Crippen molar-refractivity contribution in [3.05, 3.63) is 34.9 Å². The van der Waals surface area contributed by atoms with E-state index in [-0.39, 0.29) is 5.41 Å². The van der Waals surface area contributed by atoms with Gasteiger partial charge in [0.05, 0.1) is 5.60 Å². The summed E-state index contributed by atoms with van der Waals surface area (Å²) in [6.45, 7) is 11.1. The van der Waals surface area contributed by atoms with Crippen LogP contribution in [0.4, 0.5) is 0 Å². The van der Waals surface area contributed by atoms with E-state index in [4.69, 9.17) is 0 Å². The van der Waals surface area contributed by atoms with E-state index in [1.165, 1.54) is 23.1 Å². The summed E-state index contributed by atoms with van der Waals surface area (Å²) in [4.78, 5) is 0. The molecule has 0 heterocycles. The van der Waals surface area contributed by atoms with Gasteiger partial charge in [-0.3, -0.25) is 0 Å². The first-order chi connectivity index (χ1) is 8.67. The highest BCUT2D eigenvalue weighted by Gasteiger charge is 2.41. The highest BCUT2D eigenvalue weighted by molar-refractivity contribution is 5.29. The molecule has 1 N–H and O–H groups in total. The SMILES string of the molecule is Cc1cc(C)cc(CC2(O)CC(C)CC(C)(C)C2)c1. The Bertz CT molecular complexity index is 441. The molecule has 1 heteroatoms. The average molecular weight is 260 g/mol. The minimum absolute atomic E-state index is 0.255. The molecule has 1 fully saturated rings. The van der Waals surface area contributed by atoms with Crippen LogP contribution in [0.1, 0.15) is 56.7 Å². The second kappa shape index (κ2) is 4.94. The topological polar surface area (TPSA) is 20.2 Å². The Kier molecular flexibility index (Phi) is 3.79. The smallest absolute Gasteiger partial charge is 0.0695 e. The highest BCUT2D eigenvalue weighted by atomic mass is 16.3. The Morgan fingerprint density at radius 1 is 1.11 bits per heavy atom. The number of rotatable bonds is 2. The van der Waals surface area contributed by atoms with Crippen LogP contribution in [0.5, 0.6) is 0 Å². The van der Waals surface area contributed by atoms with Gasteiger partial charge in [0.25, 0.3) is 0 Å². The van der Waals surface area contributed by atoms with Gasteiger partial charge in [0, 0.05) is 6.42 Å². The van der Waals surface area contributed by atoms with Crippen LogP contribution < -0.4 is 0 Å². The summed E-state index contributed by atoms with van der Waals surface area (Å²) in [5, 5.41) is 11.0. The van der Waals surface area contributed by atoms with E-state index in [2.05, 4.69) is 52.8 Å². The molecule has 1 aromatic rings. The van der Waals surface area contributed by atoms with Gasteiger partial charge in [-0.15, -0.1) is 0 Å². The first-order valence-corrected chi connectivity index (χ1v) is 7.47. The maximum Gasteiger partial charge on any atom is 0.0695 e. The summed E-state index contributed by atoms with van der Waals surface area (Å²) in [6, 6.07) is 6.63. The van der Waals surface area contributed by atoms with Gasteiger partial charge in [-0.25, -0.2) is 0 Å². The molecule has 1 saturated carbocycles. The predicted molar refractivity (Wildman–Crippen MR) is 81.4 cm³/mol. The summed E-state index contributed by atoms with van der Waals surface area (Å²) in [5.74, 6) is 0.611. The van der Waals surface area contributed by atoms with Crippen LogP contribution in [0.15, 0.2) is 18.2 Å². The van der Waals surface area contributed by atoms with Crippen molar-refractivity contribution in [1.82, 2.24) is 0 Å². The second-order valence-corrected chi connectivity index (χ2v) is 7.75. The van der Waals surface area contributed by atoms with Gasteiger partial charge in [0.2, 0.25) is 0 Å². The normalized spacial score (nSPS) is 30.3. The quantitative estimate of drug-likeness (QED) is 0.834. The van der Waals surface area contributed by atoms with Crippen molar-refractivity contribution in [2.24, 2.45) is 11.3 Å². The van der Waals surface area contributed by atoms with E-state index in [1.54, 1.807) is 0 Å². The molecule has 0 spiro atoms. The van der Waals surface area contributed by atoms with Crippen LogP contribution in [-0.2, 0) is 6.42 Å². The molecule has 0 amide bonds. The molecular weight excluding hydrogens is 232 g/mol. The van der Waals surface area contributed by atoms with Crippen LogP contribution in [0.3, 0.4) is 0 Å². The van der Waals surface area contributed by atoms with Crippen LogP contribution in [0.25, 0.3) is 0 Å². The van der Waals surface area contributed by atoms with Crippen molar-refractivity contribution < 1.29 is 5.11 Å². The maximum absolute atomic E-state index is 11.0. The Balaban J connectivity index is 2.20. The molecule has 1 aliphatic rings. The zero-order valence-corrected chi connectivity index (χ0v) is 13.1. The fraction of sp³-hybridized carbons (Fsp3) is 0.667. The van der Waals surface area contributed by atoms with Gasteiger partial charge in [0.1, 0.15) is 0 Å². The van der Waals surface area contributed by atoms with E-state index in [9.17, 15) is 5.11 Å². The number of benzene rings is 1. The fourth-order valence-corrected chi connectivity index (χ4v) is 4.38. The minimum atomic E-state index is -0.526. The predicted octanol–water partition coefficient (Wildman–Crippen LogP) is 4.42. The summed E-state index contributed by atoms with van der Waals surface area (Å²) in [7, 11) is 0. The lowest BCUT2D eigenvalue weighted by Gasteiger charge is -2.45. The van der Waals surface area contributed by atoms with Crippen molar-refractivity contribution in [1.29, 1.82) is 0 Å². The van der Waals surface area contributed by atoms with Gasteiger partial charge >= 0.3 is 0 Å². The standard InChI is InChI=1S/C18H28O/c1-13-6-14(2)8-16(7-13)11-18(19)10-15(3)9-17(4,5)12-18/h6-8,15,19H,9-12H2,1-5H3. The van der Waals surface area contributed by atoms with Crippen LogP contribution in [0.2, 0.25) is 0 Å². The van der Waals surface area contributed by atoms with Gasteiger partial charge in [0.15, 0.2) is 0 Å². The first-order valence-electron chi connectivity index (χ1n) is 7.47. The number of aliphatic hydroxyl groups is 1.